The van der Waals surface area contributed by atoms with Gasteiger partial charge in [0.1, 0.15) is 29.1 Å². The average Bonchev–Trinajstić information content (AvgIpc) is 3.45. The van der Waals surface area contributed by atoms with Gasteiger partial charge in [0.2, 0.25) is 0 Å². The van der Waals surface area contributed by atoms with Crippen molar-refractivity contribution in [2.75, 3.05) is 11.5 Å². The molecule has 4 rings (SSSR count). The monoisotopic (exact) mass is 461 g/mol. The van der Waals surface area contributed by atoms with Gasteiger partial charge in [-0.25, -0.2) is 0 Å². The summed E-state index contributed by atoms with van der Waals surface area (Å²) in [5.74, 6) is -0.133. The molecule has 1 N–H and O–H groups in total. The fourth-order valence-electron chi connectivity index (χ4n) is 3.86. The Kier molecular flexibility index (Phi) is 6.72. The molecule has 176 valence electrons. The second kappa shape index (κ2) is 9.87. The van der Waals surface area contributed by atoms with Gasteiger partial charge in [-0.2, -0.15) is 0 Å². The third-order valence-electron chi connectivity index (χ3n) is 5.34. The van der Waals surface area contributed by atoms with Gasteiger partial charge in [0.15, 0.2) is 0 Å². The van der Waals surface area contributed by atoms with Gasteiger partial charge in [0, 0.05) is 11.3 Å². The third kappa shape index (κ3) is 4.55. The van der Waals surface area contributed by atoms with Crippen molar-refractivity contribution in [3.8, 4) is 11.5 Å². The lowest BCUT2D eigenvalue weighted by Gasteiger charge is -2.23. The Morgan fingerprint density at radius 2 is 1.71 bits per heavy atom. The number of anilines is 1. The summed E-state index contributed by atoms with van der Waals surface area (Å²) >= 11 is 0. The van der Waals surface area contributed by atoms with Gasteiger partial charge in [-0.3, -0.25) is 14.5 Å². The van der Waals surface area contributed by atoms with Crippen LogP contribution in [0.4, 0.5) is 5.69 Å². The normalized spacial score (nSPS) is 17.4. The number of aliphatic hydroxyl groups is 1. The van der Waals surface area contributed by atoms with Crippen molar-refractivity contribution in [1.82, 2.24) is 0 Å². The fraction of sp³-hybridized carbons (Fsp3) is 0.259. The van der Waals surface area contributed by atoms with Gasteiger partial charge in [-0.15, -0.1) is 0 Å². The maximum atomic E-state index is 13.1. The molecule has 0 aliphatic carbocycles. The lowest BCUT2D eigenvalue weighted by molar-refractivity contribution is -0.132. The first-order valence-electron chi connectivity index (χ1n) is 11.2. The number of ketones is 1. The van der Waals surface area contributed by atoms with Crippen molar-refractivity contribution in [3.05, 3.63) is 83.8 Å². The first-order valence-corrected chi connectivity index (χ1v) is 11.2. The Hall–Kier alpha value is -4.00. The second-order valence-corrected chi connectivity index (χ2v) is 8.22. The Bertz CT molecular complexity index is 1180. The maximum Gasteiger partial charge on any atom is 0.300 e. The van der Waals surface area contributed by atoms with Crippen LogP contribution in [0.2, 0.25) is 0 Å². The molecular weight excluding hydrogens is 434 g/mol. The summed E-state index contributed by atoms with van der Waals surface area (Å²) in [4.78, 5) is 27.6. The van der Waals surface area contributed by atoms with Gasteiger partial charge >= 0.3 is 0 Å². The van der Waals surface area contributed by atoms with Gasteiger partial charge in [-0.1, -0.05) is 6.92 Å². The third-order valence-corrected chi connectivity index (χ3v) is 5.34. The van der Waals surface area contributed by atoms with Crippen LogP contribution in [0.15, 0.2) is 76.9 Å². The number of carbonyl (C=O) groups is 2. The number of carbonyl (C=O) groups excluding carboxylic acids is 2. The van der Waals surface area contributed by atoms with Gasteiger partial charge in [0.25, 0.3) is 11.7 Å². The van der Waals surface area contributed by atoms with Crippen LogP contribution in [0, 0.1) is 0 Å². The van der Waals surface area contributed by atoms with E-state index in [-0.39, 0.29) is 17.4 Å². The number of aliphatic hydroxyl groups excluding tert-OH is 1. The van der Waals surface area contributed by atoms with E-state index in [9.17, 15) is 14.7 Å². The van der Waals surface area contributed by atoms with Crippen LogP contribution >= 0.6 is 0 Å². The van der Waals surface area contributed by atoms with E-state index in [1.165, 1.54) is 11.2 Å². The van der Waals surface area contributed by atoms with Crippen molar-refractivity contribution < 1.29 is 28.6 Å². The number of ether oxygens (including phenoxy) is 2. The van der Waals surface area contributed by atoms with Gasteiger partial charge in [-0.05, 0) is 80.9 Å². The molecule has 7 nitrogen and oxygen atoms in total. The average molecular weight is 462 g/mol. The molecule has 0 spiro atoms. The quantitative estimate of drug-likeness (QED) is 0.271. The minimum absolute atomic E-state index is 0.00181. The van der Waals surface area contributed by atoms with Crippen LogP contribution in [0.1, 0.15) is 44.6 Å². The molecule has 2 heterocycles. The molecule has 7 heteroatoms. The summed E-state index contributed by atoms with van der Waals surface area (Å²) in [5.41, 5.74) is 0.853. The molecule has 2 aromatic carbocycles. The Morgan fingerprint density at radius 1 is 1.03 bits per heavy atom. The van der Waals surface area contributed by atoms with Crippen molar-refractivity contribution in [2.45, 2.75) is 39.3 Å². The van der Waals surface area contributed by atoms with Crippen LogP contribution in [0.3, 0.4) is 0 Å². The highest BCUT2D eigenvalue weighted by Crippen LogP contribution is 2.42. The fourth-order valence-corrected chi connectivity index (χ4v) is 3.86. The van der Waals surface area contributed by atoms with E-state index >= 15 is 0 Å². The summed E-state index contributed by atoms with van der Waals surface area (Å²) < 4.78 is 16.9. The molecule has 1 aliphatic heterocycles. The lowest BCUT2D eigenvalue weighted by Crippen LogP contribution is -2.29. The number of Topliss-reactive ketones (excluding diaryl/α,β-unsaturated/α-hetero) is 1. The zero-order chi connectivity index (χ0) is 24.2. The smallest absolute Gasteiger partial charge is 0.300 e. The summed E-state index contributed by atoms with van der Waals surface area (Å²) in [6.07, 6.45) is 2.34. The largest absolute Gasteiger partial charge is 0.507 e. The van der Waals surface area contributed by atoms with Crippen LogP contribution in [-0.2, 0) is 9.59 Å². The molecule has 34 heavy (non-hydrogen) atoms. The highest BCUT2D eigenvalue weighted by Gasteiger charge is 2.48. The molecule has 1 fully saturated rings. The molecule has 1 atom stereocenters. The molecule has 0 saturated carbocycles. The number of benzene rings is 2. The number of furan rings is 1. The number of hydrogen-bond donors (Lipinski definition) is 1. The molecule has 1 saturated heterocycles. The molecule has 1 aromatic heterocycles. The zero-order valence-corrected chi connectivity index (χ0v) is 19.4. The van der Waals surface area contributed by atoms with E-state index in [1.807, 2.05) is 20.8 Å². The van der Waals surface area contributed by atoms with Crippen molar-refractivity contribution in [1.29, 1.82) is 0 Å². The highest BCUT2D eigenvalue weighted by atomic mass is 16.5. The molecule has 0 bridgehead atoms. The first-order chi connectivity index (χ1) is 16.4. The summed E-state index contributed by atoms with van der Waals surface area (Å²) in [6, 6.07) is 16.1. The minimum Gasteiger partial charge on any atom is -0.507 e. The van der Waals surface area contributed by atoms with Crippen LogP contribution in [-0.4, -0.2) is 29.5 Å². The molecule has 0 radical (unpaired) electrons. The second-order valence-electron chi connectivity index (χ2n) is 8.22. The van der Waals surface area contributed by atoms with E-state index in [0.29, 0.717) is 35.1 Å². The lowest BCUT2D eigenvalue weighted by atomic mass is 9.99. The number of hydrogen-bond acceptors (Lipinski definition) is 6. The molecular formula is C27H27NO6. The first kappa shape index (κ1) is 23.2. The van der Waals surface area contributed by atoms with Crippen molar-refractivity contribution >= 4 is 23.1 Å². The van der Waals surface area contributed by atoms with Crippen LogP contribution in [0.25, 0.3) is 5.76 Å². The molecule has 3 aromatic rings. The van der Waals surface area contributed by atoms with Crippen molar-refractivity contribution in [2.24, 2.45) is 0 Å². The summed E-state index contributed by atoms with van der Waals surface area (Å²) in [6.45, 7) is 6.44. The standard InChI is InChI=1S/C27H27NO6/c1-4-15-32-20-11-7-18(8-12-20)25(29)23-24(22-6-5-16-33-22)28(27(31)26(23)30)19-9-13-21(14-10-19)34-17(2)3/h5-14,16-17,24,29H,4,15H2,1-3H3/b25-23-. The highest BCUT2D eigenvalue weighted by molar-refractivity contribution is 6.51. The van der Waals surface area contributed by atoms with Crippen molar-refractivity contribution in [3.63, 3.8) is 0 Å². The van der Waals surface area contributed by atoms with E-state index in [0.717, 1.165) is 6.42 Å². The SMILES string of the molecule is CCCOc1ccc(/C(O)=C2/C(=O)C(=O)N(c3ccc(OC(C)C)cc3)C2c2ccco2)cc1. The maximum absolute atomic E-state index is 13.1. The number of nitrogens with zero attached hydrogens (tertiary/aromatic N) is 1. The Balaban J connectivity index is 1.75. The van der Waals surface area contributed by atoms with Gasteiger partial charge in [0.05, 0.1) is 24.5 Å². The van der Waals surface area contributed by atoms with Gasteiger partial charge < -0.3 is 19.0 Å². The molecule has 1 unspecified atom stereocenters. The van der Waals surface area contributed by atoms with E-state index in [1.54, 1.807) is 60.7 Å². The molecule has 1 aliphatic rings. The number of amides is 1. The minimum atomic E-state index is -0.914. The predicted octanol–water partition coefficient (Wildman–Crippen LogP) is 5.48. The Morgan fingerprint density at radius 3 is 2.29 bits per heavy atom. The topological polar surface area (TPSA) is 89.2 Å². The summed E-state index contributed by atoms with van der Waals surface area (Å²) in [5, 5.41) is 11.1. The van der Waals surface area contributed by atoms with Crippen LogP contribution in [0.5, 0.6) is 11.5 Å². The van der Waals surface area contributed by atoms with E-state index < -0.39 is 17.7 Å². The predicted molar refractivity (Wildman–Crippen MR) is 128 cm³/mol. The Labute approximate surface area is 198 Å². The number of rotatable bonds is 8. The van der Waals surface area contributed by atoms with Crippen LogP contribution < -0.4 is 14.4 Å². The van der Waals surface area contributed by atoms with E-state index in [4.69, 9.17) is 13.9 Å². The summed E-state index contributed by atoms with van der Waals surface area (Å²) in [7, 11) is 0. The zero-order valence-electron chi connectivity index (χ0n) is 19.4. The molecule has 1 amide bonds. The van der Waals surface area contributed by atoms with E-state index in [2.05, 4.69) is 0 Å².